The van der Waals surface area contributed by atoms with Crippen LogP contribution < -0.4 is 0 Å². The first kappa shape index (κ1) is 21.2. The third-order valence-corrected chi connectivity index (χ3v) is 6.75. The van der Waals surface area contributed by atoms with Gasteiger partial charge in [-0.1, -0.05) is 50.6 Å². The SMILES string of the molecule is CC1CCC(C(C)C)C(OC(=O)CSc2nnc(-c3ccc(Cl)cc3)n2C)C1. The molecule has 2 aromatic rings. The van der Waals surface area contributed by atoms with Gasteiger partial charge in [0.1, 0.15) is 6.10 Å². The van der Waals surface area contributed by atoms with Gasteiger partial charge in [0, 0.05) is 17.6 Å². The first-order chi connectivity index (χ1) is 13.3. The lowest BCUT2D eigenvalue weighted by molar-refractivity contribution is -0.152. The quantitative estimate of drug-likeness (QED) is 0.472. The average molecular weight is 422 g/mol. The van der Waals surface area contributed by atoms with Crippen molar-refractivity contribution in [2.75, 3.05) is 5.75 Å². The number of rotatable bonds is 6. The van der Waals surface area contributed by atoms with Crippen LogP contribution in [0, 0.1) is 17.8 Å². The molecular formula is C21H28ClN3O2S. The van der Waals surface area contributed by atoms with Crippen LogP contribution in [0.2, 0.25) is 5.02 Å². The highest BCUT2D eigenvalue weighted by molar-refractivity contribution is 7.99. The fourth-order valence-electron chi connectivity index (χ4n) is 3.87. The number of hydrogen-bond donors (Lipinski definition) is 0. The molecule has 0 N–H and O–H groups in total. The Balaban J connectivity index is 1.59. The van der Waals surface area contributed by atoms with Crippen molar-refractivity contribution >= 4 is 29.3 Å². The first-order valence-corrected chi connectivity index (χ1v) is 11.2. The molecule has 152 valence electrons. The van der Waals surface area contributed by atoms with Gasteiger partial charge < -0.3 is 9.30 Å². The highest BCUT2D eigenvalue weighted by atomic mass is 35.5. The van der Waals surface area contributed by atoms with Gasteiger partial charge in [0.25, 0.3) is 0 Å². The Labute approximate surface area is 176 Å². The van der Waals surface area contributed by atoms with E-state index in [9.17, 15) is 4.79 Å². The Bertz CT molecular complexity index is 806. The predicted octanol–water partition coefficient (Wildman–Crippen LogP) is 5.23. The van der Waals surface area contributed by atoms with Gasteiger partial charge in [-0.2, -0.15) is 0 Å². The molecule has 1 aliphatic rings. The van der Waals surface area contributed by atoms with Crippen molar-refractivity contribution in [3.05, 3.63) is 29.3 Å². The molecule has 1 aliphatic carbocycles. The number of hydrogen-bond acceptors (Lipinski definition) is 5. The summed E-state index contributed by atoms with van der Waals surface area (Å²) in [5, 5.41) is 9.85. The number of halogens is 1. The van der Waals surface area contributed by atoms with Gasteiger partial charge in [-0.25, -0.2) is 0 Å². The maximum absolute atomic E-state index is 12.5. The lowest BCUT2D eigenvalue weighted by atomic mass is 9.75. The van der Waals surface area contributed by atoms with E-state index in [-0.39, 0.29) is 17.8 Å². The van der Waals surface area contributed by atoms with Crippen LogP contribution in [0.15, 0.2) is 29.4 Å². The smallest absolute Gasteiger partial charge is 0.316 e. The van der Waals surface area contributed by atoms with E-state index in [1.165, 1.54) is 18.2 Å². The molecule has 0 radical (unpaired) electrons. The lowest BCUT2D eigenvalue weighted by Crippen LogP contribution is -2.36. The highest BCUT2D eigenvalue weighted by Gasteiger charge is 2.33. The average Bonchev–Trinajstić information content (AvgIpc) is 3.01. The highest BCUT2D eigenvalue weighted by Crippen LogP contribution is 2.35. The second kappa shape index (κ2) is 9.31. The van der Waals surface area contributed by atoms with Gasteiger partial charge in [0.15, 0.2) is 11.0 Å². The van der Waals surface area contributed by atoms with Crippen molar-refractivity contribution in [1.82, 2.24) is 14.8 Å². The summed E-state index contributed by atoms with van der Waals surface area (Å²) in [6.45, 7) is 6.67. The molecule has 0 aliphatic heterocycles. The van der Waals surface area contributed by atoms with Gasteiger partial charge in [-0.3, -0.25) is 4.79 Å². The van der Waals surface area contributed by atoms with Crippen molar-refractivity contribution in [2.24, 2.45) is 24.8 Å². The van der Waals surface area contributed by atoms with E-state index in [1.54, 1.807) is 0 Å². The molecule has 1 saturated carbocycles. The normalized spacial score (nSPS) is 22.4. The molecule has 5 nitrogen and oxygen atoms in total. The standard InChI is InChI=1S/C21H28ClN3O2S/c1-13(2)17-10-5-14(3)11-18(17)27-19(26)12-28-21-24-23-20(25(21)4)15-6-8-16(22)9-7-15/h6-9,13-14,17-18H,5,10-12H2,1-4H3. The first-order valence-electron chi connectivity index (χ1n) is 9.82. The maximum Gasteiger partial charge on any atom is 0.316 e. The molecule has 0 bridgehead atoms. The summed E-state index contributed by atoms with van der Waals surface area (Å²) < 4.78 is 7.76. The molecular weight excluding hydrogens is 394 g/mol. The molecule has 0 spiro atoms. The summed E-state index contributed by atoms with van der Waals surface area (Å²) in [6.07, 6.45) is 3.35. The molecule has 1 aromatic heterocycles. The molecule has 3 rings (SSSR count). The van der Waals surface area contributed by atoms with E-state index in [1.807, 2.05) is 35.9 Å². The number of thioether (sulfide) groups is 1. The summed E-state index contributed by atoms with van der Waals surface area (Å²) in [7, 11) is 1.90. The van der Waals surface area contributed by atoms with Gasteiger partial charge >= 0.3 is 5.97 Å². The van der Waals surface area contributed by atoms with Gasteiger partial charge in [0.2, 0.25) is 0 Å². The Kier molecular flexibility index (Phi) is 7.05. The van der Waals surface area contributed by atoms with E-state index in [0.29, 0.717) is 27.9 Å². The Morgan fingerprint density at radius 1 is 1.29 bits per heavy atom. The summed E-state index contributed by atoms with van der Waals surface area (Å²) >= 11 is 7.31. The van der Waals surface area contributed by atoms with Crippen LogP contribution in [0.1, 0.15) is 40.0 Å². The topological polar surface area (TPSA) is 57.0 Å². The van der Waals surface area contributed by atoms with Crippen LogP contribution in [0.3, 0.4) is 0 Å². The lowest BCUT2D eigenvalue weighted by Gasteiger charge is -2.36. The van der Waals surface area contributed by atoms with Crippen LogP contribution in [0.25, 0.3) is 11.4 Å². The van der Waals surface area contributed by atoms with Crippen molar-refractivity contribution < 1.29 is 9.53 Å². The minimum Gasteiger partial charge on any atom is -0.461 e. The molecule has 0 saturated heterocycles. The third-order valence-electron chi connectivity index (χ3n) is 5.50. The van der Waals surface area contributed by atoms with Crippen LogP contribution in [0.4, 0.5) is 0 Å². The minimum atomic E-state index is -0.175. The van der Waals surface area contributed by atoms with Gasteiger partial charge in [0.05, 0.1) is 5.75 Å². The molecule has 0 amide bonds. The van der Waals surface area contributed by atoms with Crippen LogP contribution in [-0.2, 0) is 16.6 Å². The second-order valence-corrected chi connectivity index (χ2v) is 9.39. The largest absolute Gasteiger partial charge is 0.461 e. The number of nitrogens with zero attached hydrogens (tertiary/aromatic N) is 3. The van der Waals surface area contributed by atoms with Crippen molar-refractivity contribution in [1.29, 1.82) is 0 Å². The molecule has 28 heavy (non-hydrogen) atoms. The summed E-state index contributed by atoms with van der Waals surface area (Å²) in [5.41, 5.74) is 0.935. The molecule has 1 aromatic carbocycles. The van der Waals surface area contributed by atoms with Crippen molar-refractivity contribution in [2.45, 2.75) is 51.3 Å². The number of carbonyl (C=O) groups is 1. The number of benzene rings is 1. The molecule has 3 atom stereocenters. The van der Waals surface area contributed by atoms with E-state index in [4.69, 9.17) is 16.3 Å². The maximum atomic E-state index is 12.5. The minimum absolute atomic E-state index is 0.0287. The van der Waals surface area contributed by atoms with E-state index < -0.39 is 0 Å². The van der Waals surface area contributed by atoms with Gasteiger partial charge in [-0.15, -0.1) is 10.2 Å². The fourth-order valence-corrected chi connectivity index (χ4v) is 4.69. The van der Waals surface area contributed by atoms with Crippen molar-refractivity contribution in [3.8, 4) is 11.4 Å². The second-order valence-electron chi connectivity index (χ2n) is 8.02. The van der Waals surface area contributed by atoms with E-state index in [2.05, 4.69) is 31.0 Å². The van der Waals surface area contributed by atoms with Gasteiger partial charge in [-0.05, 0) is 54.9 Å². The molecule has 1 heterocycles. The molecule has 7 heteroatoms. The third kappa shape index (κ3) is 5.09. The number of esters is 1. The monoisotopic (exact) mass is 421 g/mol. The zero-order chi connectivity index (χ0) is 20.3. The number of carbonyl (C=O) groups excluding carboxylic acids is 1. The Morgan fingerprint density at radius 3 is 2.68 bits per heavy atom. The van der Waals surface area contributed by atoms with Crippen molar-refractivity contribution in [3.63, 3.8) is 0 Å². The Morgan fingerprint density at radius 2 is 2.00 bits per heavy atom. The van der Waals surface area contributed by atoms with Crippen LogP contribution in [0.5, 0.6) is 0 Å². The summed E-state index contributed by atoms with van der Waals surface area (Å²) in [6, 6.07) is 7.47. The molecule has 3 unspecified atom stereocenters. The zero-order valence-corrected chi connectivity index (χ0v) is 18.5. The fraction of sp³-hybridized carbons (Fsp3) is 0.571. The zero-order valence-electron chi connectivity index (χ0n) is 16.9. The van der Waals surface area contributed by atoms with E-state index in [0.717, 1.165) is 24.2 Å². The predicted molar refractivity (Wildman–Crippen MR) is 113 cm³/mol. The molecule has 1 fully saturated rings. The number of ether oxygens (including phenoxy) is 1. The van der Waals surface area contributed by atoms with Crippen LogP contribution in [-0.4, -0.2) is 32.6 Å². The number of aromatic nitrogens is 3. The van der Waals surface area contributed by atoms with E-state index >= 15 is 0 Å². The summed E-state index contributed by atoms with van der Waals surface area (Å²) in [5.74, 6) is 2.40. The Hall–Kier alpha value is -1.53. The van der Waals surface area contributed by atoms with Crippen LogP contribution >= 0.6 is 23.4 Å². The summed E-state index contributed by atoms with van der Waals surface area (Å²) in [4.78, 5) is 12.5.